The van der Waals surface area contributed by atoms with Gasteiger partial charge >= 0.3 is 16.5 Å². The Morgan fingerprint density at radius 2 is 0.844 bits per heavy atom. The third-order valence-corrected chi connectivity index (χ3v) is 8.81. The molecule has 2 aromatic carbocycles. The van der Waals surface area contributed by atoms with Crippen LogP contribution in [-0.2, 0) is 42.2 Å². The van der Waals surface area contributed by atoms with E-state index in [1.54, 1.807) is 4.70 Å². The predicted octanol–water partition coefficient (Wildman–Crippen LogP) is 13.5. The summed E-state index contributed by atoms with van der Waals surface area (Å²) in [6.07, 6.45) is 25.1. The fourth-order valence-corrected chi connectivity index (χ4v) is 6.28. The van der Waals surface area contributed by atoms with E-state index in [2.05, 4.69) is 77.1 Å². The molecule has 0 saturated carbocycles. The maximum absolute atomic E-state index is 11.9. The van der Waals surface area contributed by atoms with Gasteiger partial charge in [0.2, 0.25) is 11.4 Å². The molecule has 0 spiro atoms. The van der Waals surface area contributed by atoms with Crippen LogP contribution in [-0.4, -0.2) is 4.70 Å². The van der Waals surface area contributed by atoms with Crippen molar-refractivity contribution in [2.45, 2.75) is 157 Å². The van der Waals surface area contributed by atoms with Gasteiger partial charge in [0.05, 0.1) is 0 Å². The second-order valence-corrected chi connectivity index (χ2v) is 12.7. The van der Waals surface area contributed by atoms with Crippen LogP contribution < -0.4 is 0 Å². The molecule has 1 aliphatic heterocycles. The number of benzene rings is 2. The molecule has 0 N–H and O–H groups in total. The first-order valence-corrected chi connectivity index (χ1v) is 17.7. The molecule has 1 aliphatic rings. The van der Waals surface area contributed by atoms with Gasteiger partial charge < -0.3 is 20.4 Å². The Labute approximate surface area is 290 Å². The van der Waals surface area contributed by atoms with Gasteiger partial charge in [-0.25, -0.2) is 4.70 Å². The summed E-state index contributed by atoms with van der Waals surface area (Å²) in [5.74, 6) is 0. The average molecular weight is 658 g/mol. The molecule has 2 nitrogen and oxygen atoms in total. The Morgan fingerprint density at radius 1 is 0.467 bits per heavy atom. The average Bonchev–Trinajstić information content (AvgIpc) is 3.33. The van der Waals surface area contributed by atoms with E-state index in [1.165, 1.54) is 110 Å². The first-order valence-electron chi connectivity index (χ1n) is 17.7. The maximum atomic E-state index is 11.9. The standard InChI is InChI=1S/C40H60N2.2CH3.Ni/c1-6-11-16-18-22-34-26-35(23-19-17-12-7-2)30-38(29-34)40-36(24-15-10-5)31-39(42(40)41)37-27-32(20-13-8-3)25-33(28-37)21-14-9-4;;;/h25-31H,6-24H2,1-5H3;2*1H3;/q;2*-1;+2. The smallest absolute Gasteiger partial charge is 0.493 e. The van der Waals surface area contributed by atoms with Crippen molar-refractivity contribution < 1.29 is 21.2 Å². The summed E-state index contributed by atoms with van der Waals surface area (Å²) in [6, 6.07) is 14.3. The number of hydrogen-bond donors (Lipinski definition) is 0. The molecule has 0 fully saturated rings. The normalized spacial score (nSPS) is 12.5. The van der Waals surface area contributed by atoms with E-state index in [1.807, 2.05) is 0 Å². The summed E-state index contributed by atoms with van der Waals surface area (Å²) < 4.78 is 1.55. The molecule has 0 amide bonds. The number of nitrogens with zero attached hydrogens (tertiary/aromatic N) is 2. The summed E-state index contributed by atoms with van der Waals surface area (Å²) >= 11 is 0. The van der Waals surface area contributed by atoms with Crippen molar-refractivity contribution in [1.29, 1.82) is 0 Å². The fraction of sp³-hybridized carbons (Fsp3) is 0.571. The minimum Gasteiger partial charge on any atom is -0.493 e. The van der Waals surface area contributed by atoms with Crippen molar-refractivity contribution in [2.24, 2.45) is 0 Å². The van der Waals surface area contributed by atoms with Crippen LogP contribution in [0.2, 0.25) is 0 Å². The summed E-state index contributed by atoms with van der Waals surface area (Å²) in [5.41, 5.74) is 23.2. The summed E-state index contributed by atoms with van der Waals surface area (Å²) in [5, 5.41) is 0. The largest absolute Gasteiger partial charge is 2.00 e. The minimum atomic E-state index is 0. The first-order chi connectivity index (χ1) is 20.5. The van der Waals surface area contributed by atoms with Crippen molar-refractivity contribution in [3.63, 3.8) is 0 Å². The van der Waals surface area contributed by atoms with Crippen LogP contribution in [0.15, 0.2) is 48.0 Å². The quantitative estimate of drug-likeness (QED) is 0.0553. The van der Waals surface area contributed by atoms with Crippen molar-refractivity contribution in [1.82, 2.24) is 0 Å². The zero-order chi connectivity index (χ0) is 30.2. The van der Waals surface area contributed by atoms with Gasteiger partial charge in [0.1, 0.15) is 0 Å². The zero-order valence-corrected chi connectivity index (χ0v) is 31.2. The number of hydrogen-bond acceptors (Lipinski definition) is 0. The van der Waals surface area contributed by atoms with E-state index in [0.717, 1.165) is 61.9 Å². The number of rotatable bonds is 21. The van der Waals surface area contributed by atoms with Crippen LogP contribution in [0.3, 0.4) is 0 Å². The Kier molecular flexibility index (Phi) is 23.2. The molecule has 0 radical (unpaired) electrons. The van der Waals surface area contributed by atoms with Gasteiger partial charge in [0.25, 0.3) is 0 Å². The molecule has 2 aromatic rings. The molecule has 0 aromatic heterocycles. The van der Waals surface area contributed by atoms with Gasteiger partial charge in [-0.1, -0.05) is 105 Å². The molecular formula is C42H66N2Ni. The van der Waals surface area contributed by atoms with Gasteiger partial charge in [-0.05, 0) is 111 Å². The third kappa shape index (κ3) is 13.7. The molecule has 45 heavy (non-hydrogen) atoms. The maximum Gasteiger partial charge on any atom is 2.00 e. The molecule has 3 rings (SSSR count). The van der Waals surface area contributed by atoms with Crippen molar-refractivity contribution in [2.75, 3.05) is 0 Å². The molecule has 0 atom stereocenters. The van der Waals surface area contributed by atoms with Gasteiger partial charge in [-0.2, -0.15) is 0 Å². The second-order valence-electron chi connectivity index (χ2n) is 12.7. The van der Waals surface area contributed by atoms with E-state index in [-0.39, 0.29) is 31.3 Å². The molecule has 0 unspecified atom stereocenters. The molecular weight excluding hydrogens is 591 g/mol. The molecule has 0 bridgehead atoms. The van der Waals surface area contributed by atoms with Gasteiger partial charge in [0, 0.05) is 22.8 Å². The third-order valence-electron chi connectivity index (χ3n) is 8.81. The molecule has 1 heterocycles. The van der Waals surface area contributed by atoms with Crippen LogP contribution in [0, 0.1) is 14.9 Å². The molecule has 254 valence electrons. The number of unbranched alkanes of at least 4 members (excludes halogenated alkanes) is 9. The monoisotopic (exact) mass is 656 g/mol. The predicted molar refractivity (Wildman–Crippen MR) is 197 cm³/mol. The van der Waals surface area contributed by atoms with E-state index >= 15 is 0 Å². The Hall–Kier alpha value is -1.99. The van der Waals surface area contributed by atoms with E-state index < -0.39 is 0 Å². The number of aryl methyl sites for hydroxylation is 4. The number of allylic oxidation sites excluding steroid dienone is 2. The Bertz CT molecular complexity index is 1130. The van der Waals surface area contributed by atoms with Gasteiger partial charge in [-0.3, -0.25) is 0 Å². The Balaban J connectivity index is 0.00000645. The van der Waals surface area contributed by atoms with Crippen LogP contribution in [0.25, 0.3) is 16.9 Å². The van der Waals surface area contributed by atoms with E-state index in [4.69, 9.17) is 0 Å². The first kappa shape index (κ1) is 43.0. The van der Waals surface area contributed by atoms with Crippen LogP contribution in [0.4, 0.5) is 0 Å². The Morgan fingerprint density at radius 3 is 1.27 bits per heavy atom. The van der Waals surface area contributed by atoms with Crippen LogP contribution in [0.1, 0.15) is 164 Å². The fourth-order valence-electron chi connectivity index (χ4n) is 6.28. The van der Waals surface area contributed by atoms with Crippen LogP contribution >= 0.6 is 0 Å². The summed E-state index contributed by atoms with van der Waals surface area (Å²) in [6.45, 7) is 11.4. The van der Waals surface area contributed by atoms with Gasteiger partial charge in [0.15, 0.2) is 0 Å². The summed E-state index contributed by atoms with van der Waals surface area (Å²) in [4.78, 5) is 0. The van der Waals surface area contributed by atoms with Crippen molar-refractivity contribution in [3.05, 3.63) is 102 Å². The van der Waals surface area contributed by atoms with E-state index in [9.17, 15) is 5.53 Å². The molecule has 3 heteroatoms. The van der Waals surface area contributed by atoms with Crippen molar-refractivity contribution in [3.8, 4) is 0 Å². The topological polar surface area (TPSA) is 25.3 Å². The minimum absolute atomic E-state index is 0. The van der Waals surface area contributed by atoms with Gasteiger partial charge in [-0.15, -0.1) is 0 Å². The SMILES string of the molecule is CCCCCCc1cc(CCCCCC)cc(C2=C(CCCC)C=C(c3cc(CCCC)cc(CCCC)c3)[N+]2=[N-])c1.[CH3-].[CH3-].[Ni+2]. The second kappa shape index (κ2) is 24.2. The summed E-state index contributed by atoms with van der Waals surface area (Å²) in [7, 11) is 0. The van der Waals surface area contributed by atoms with Crippen molar-refractivity contribution >= 4 is 11.4 Å². The molecule has 0 saturated heterocycles. The van der Waals surface area contributed by atoms with E-state index in [0.29, 0.717) is 0 Å². The van der Waals surface area contributed by atoms with Crippen LogP contribution in [0.5, 0.6) is 0 Å². The zero-order valence-electron chi connectivity index (χ0n) is 30.2. The molecule has 0 aliphatic carbocycles.